The zero-order valence-corrected chi connectivity index (χ0v) is 10.4. The molecule has 1 aromatic heterocycles. The largest absolute Gasteiger partial charge is 0.409 e. The van der Waals surface area contributed by atoms with Crippen molar-refractivity contribution >= 4 is 40.7 Å². The summed E-state index contributed by atoms with van der Waals surface area (Å²) in [6.45, 7) is 0. The molecule has 0 aliphatic carbocycles. The molecule has 0 amide bonds. The van der Waals surface area contributed by atoms with Gasteiger partial charge in [-0.15, -0.1) is 24.8 Å². The maximum Gasteiger partial charge on any atom is 0.409 e. The topological polar surface area (TPSA) is 38.9 Å². The van der Waals surface area contributed by atoms with Crippen LogP contribution in [0.25, 0.3) is 0 Å². The molecule has 0 fully saturated rings. The highest BCUT2D eigenvalue weighted by Gasteiger charge is 2.38. The van der Waals surface area contributed by atoms with E-state index in [0.717, 1.165) is 0 Å². The van der Waals surface area contributed by atoms with Gasteiger partial charge in [0.15, 0.2) is 0 Å². The second kappa shape index (κ2) is 6.52. The molecule has 2 nitrogen and oxygen atoms in total. The third-order valence-corrected chi connectivity index (χ3v) is 1.89. The Labute approximate surface area is 105 Å². The summed E-state index contributed by atoms with van der Waals surface area (Å²) >= 11 is 3.06. The van der Waals surface area contributed by atoms with Gasteiger partial charge in [-0.25, -0.2) is 0 Å². The van der Waals surface area contributed by atoms with E-state index in [-0.39, 0.29) is 30.5 Å². The van der Waals surface area contributed by atoms with Crippen molar-refractivity contribution < 1.29 is 13.2 Å². The Kier molecular flexibility index (Phi) is 7.55. The maximum atomic E-state index is 12.1. The Hall–Kier alpha value is -0.0400. The molecular weight excluding hydrogens is 320 g/mol. The van der Waals surface area contributed by atoms with Crippen LogP contribution in [-0.2, 0) is 0 Å². The monoisotopic (exact) mass is 326 g/mol. The van der Waals surface area contributed by atoms with E-state index in [2.05, 4.69) is 20.9 Å². The van der Waals surface area contributed by atoms with E-state index >= 15 is 0 Å². The molecule has 1 aromatic rings. The summed E-state index contributed by atoms with van der Waals surface area (Å²) in [6.07, 6.45) is -3.16. The maximum absolute atomic E-state index is 12.1. The smallest absolute Gasteiger partial charge is 0.315 e. The molecule has 0 spiro atoms. The minimum Gasteiger partial charge on any atom is -0.315 e. The Morgan fingerprint density at radius 3 is 2.13 bits per heavy atom. The Morgan fingerprint density at radius 1 is 1.27 bits per heavy atom. The molecule has 0 radical (unpaired) electrons. The Balaban J connectivity index is 0. The minimum atomic E-state index is -4.44. The molecular formula is C7H8BrCl2F3N2. The molecule has 8 heteroatoms. The van der Waals surface area contributed by atoms with Gasteiger partial charge in [-0.2, -0.15) is 13.2 Å². The van der Waals surface area contributed by atoms with Crippen molar-refractivity contribution in [1.29, 1.82) is 0 Å². The predicted molar refractivity (Wildman–Crippen MR) is 59.4 cm³/mol. The lowest BCUT2D eigenvalue weighted by atomic mass is 10.2. The molecule has 0 saturated heterocycles. The molecule has 88 valence electrons. The number of nitrogens with two attached hydrogens (primary N) is 1. The molecule has 0 unspecified atom stereocenters. The van der Waals surface area contributed by atoms with E-state index in [1.165, 1.54) is 18.3 Å². The van der Waals surface area contributed by atoms with Gasteiger partial charge in [-0.1, -0.05) is 0 Å². The van der Waals surface area contributed by atoms with Gasteiger partial charge < -0.3 is 5.73 Å². The first-order valence-electron chi connectivity index (χ1n) is 3.35. The Morgan fingerprint density at radius 2 is 1.80 bits per heavy atom. The van der Waals surface area contributed by atoms with Crippen LogP contribution in [0.5, 0.6) is 0 Å². The molecule has 2 N–H and O–H groups in total. The quantitative estimate of drug-likeness (QED) is 0.860. The number of rotatable bonds is 1. The lowest BCUT2D eigenvalue weighted by Crippen LogP contribution is -2.29. The molecule has 1 heterocycles. The summed E-state index contributed by atoms with van der Waals surface area (Å²) in [7, 11) is 0. The fourth-order valence-electron chi connectivity index (χ4n) is 0.739. The lowest BCUT2D eigenvalue weighted by molar-refractivity contribution is -0.150. The van der Waals surface area contributed by atoms with E-state index in [1.54, 1.807) is 0 Å². The number of pyridine rings is 1. The van der Waals surface area contributed by atoms with Crippen LogP contribution in [0.1, 0.15) is 11.7 Å². The van der Waals surface area contributed by atoms with Crippen LogP contribution < -0.4 is 5.73 Å². The molecule has 0 aliphatic heterocycles. The zero-order valence-electron chi connectivity index (χ0n) is 7.16. The summed E-state index contributed by atoms with van der Waals surface area (Å²) in [4.78, 5) is 3.55. The number of nitrogens with zero attached hydrogens (tertiary/aromatic N) is 1. The van der Waals surface area contributed by atoms with Gasteiger partial charge in [0.25, 0.3) is 0 Å². The van der Waals surface area contributed by atoms with Crippen molar-refractivity contribution in [2.45, 2.75) is 12.2 Å². The van der Waals surface area contributed by atoms with Crippen LogP contribution in [0, 0.1) is 0 Å². The summed E-state index contributed by atoms with van der Waals surface area (Å²) in [5.74, 6) is 0. The van der Waals surface area contributed by atoms with Crippen molar-refractivity contribution in [2.75, 3.05) is 0 Å². The van der Waals surface area contributed by atoms with Gasteiger partial charge in [-0.05, 0) is 28.1 Å². The molecule has 1 rings (SSSR count). The lowest BCUT2D eigenvalue weighted by Gasteiger charge is -2.14. The van der Waals surface area contributed by atoms with Crippen molar-refractivity contribution in [3.05, 3.63) is 28.5 Å². The molecule has 0 bridgehead atoms. The average Bonchev–Trinajstić information content (AvgIpc) is 2.03. The van der Waals surface area contributed by atoms with Crippen molar-refractivity contribution in [3.63, 3.8) is 0 Å². The van der Waals surface area contributed by atoms with Crippen LogP contribution in [-0.4, -0.2) is 11.2 Å². The predicted octanol–water partition coefficient (Wildman–Crippen LogP) is 3.25. The number of hydrogen-bond acceptors (Lipinski definition) is 2. The highest BCUT2D eigenvalue weighted by molar-refractivity contribution is 9.10. The summed E-state index contributed by atoms with van der Waals surface area (Å²) in [6, 6.07) is 0.691. The number of halogens is 6. The van der Waals surface area contributed by atoms with Gasteiger partial charge in [0, 0.05) is 10.7 Å². The van der Waals surface area contributed by atoms with Crippen LogP contribution in [0.15, 0.2) is 22.8 Å². The second-order valence-corrected chi connectivity index (χ2v) is 3.34. The fraction of sp³-hybridized carbons (Fsp3) is 0.286. The van der Waals surface area contributed by atoms with E-state index in [9.17, 15) is 13.2 Å². The molecule has 0 aliphatic rings. The molecule has 0 saturated carbocycles. The average molecular weight is 328 g/mol. The van der Waals surface area contributed by atoms with Gasteiger partial charge in [0.2, 0.25) is 0 Å². The van der Waals surface area contributed by atoms with Crippen LogP contribution in [0.2, 0.25) is 0 Å². The summed E-state index contributed by atoms with van der Waals surface area (Å²) in [5.41, 5.74) is 4.73. The Bertz CT molecular complexity index is 291. The summed E-state index contributed by atoms with van der Waals surface area (Å²) < 4.78 is 36.8. The van der Waals surface area contributed by atoms with E-state index in [1.807, 2.05) is 0 Å². The number of aromatic nitrogens is 1. The van der Waals surface area contributed by atoms with Crippen LogP contribution in [0.4, 0.5) is 13.2 Å². The highest BCUT2D eigenvalue weighted by atomic mass is 79.9. The number of hydrogen-bond donors (Lipinski definition) is 1. The normalized spacial score (nSPS) is 12.3. The summed E-state index contributed by atoms with van der Waals surface area (Å²) in [5, 5.41) is 0. The van der Waals surface area contributed by atoms with Crippen LogP contribution in [0.3, 0.4) is 0 Å². The van der Waals surface area contributed by atoms with E-state index < -0.39 is 12.2 Å². The second-order valence-electron chi connectivity index (χ2n) is 2.42. The van der Waals surface area contributed by atoms with Crippen LogP contribution >= 0.6 is 40.7 Å². The fourth-order valence-corrected chi connectivity index (χ4v) is 0.973. The van der Waals surface area contributed by atoms with Gasteiger partial charge in [0.05, 0.1) is 5.69 Å². The van der Waals surface area contributed by atoms with Crippen molar-refractivity contribution in [2.24, 2.45) is 5.73 Å². The molecule has 15 heavy (non-hydrogen) atoms. The van der Waals surface area contributed by atoms with E-state index in [4.69, 9.17) is 5.73 Å². The van der Waals surface area contributed by atoms with Crippen molar-refractivity contribution in [1.82, 2.24) is 4.98 Å². The molecule has 0 aromatic carbocycles. The van der Waals surface area contributed by atoms with Crippen molar-refractivity contribution in [3.8, 4) is 0 Å². The first-order chi connectivity index (χ1) is 5.91. The van der Waals surface area contributed by atoms with Gasteiger partial charge in [-0.3, -0.25) is 4.98 Å². The number of alkyl halides is 3. The van der Waals surface area contributed by atoms with Gasteiger partial charge >= 0.3 is 6.18 Å². The first-order valence-corrected chi connectivity index (χ1v) is 4.14. The zero-order chi connectivity index (χ0) is 10.1. The molecule has 1 atom stereocenters. The van der Waals surface area contributed by atoms with Gasteiger partial charge in [0.1, 0.15) is 6.04 Å². The standard InChI is InChI=1S/C7H6BrF3N2.2ClH/c8-4-1-2-5(13-3-4)6(12)7(9,10)11;;/h1-3,6H,12H2;2*1H/t6-;;/m0../s1. The minimum absolute atomic E-state index is 0. The first kappa shape index (κ1) is 17.4. The van der Waals surface area contributed by atoms with E-state index in [0.29, 0.717) is 4.47 Å². The third kappa shape index (κ3) is 5.01. The highest BCUT2D eigenvalue weighted by Crippen LogP contribution is 2.29. The SMILES string of the molecule is Cl.Cl.N[C@@H](c1ccc(Br)cn1)C(F)(F)F. The third-order valence-electron chi connectivity index (χ3n) is 1.42.